The van der Waals surface area contributed by atoms with E-state index in [1.165, 1.54) is 0 Å². The molecule has 0 saturated heterocycles. The van der Waals surface area contributed by atoms with Gasteiger partial charge in [0.2, 0.25) is 0 Å². The molecule has 0 radical (unpaired) electrons. The first kappa shape index (κ1) is 15.5. The topological polar surface area (TPSA) is 83.7 Å². The smallest absolute Gasteiger partial charge is 0.166 e. The molecule has 6 nitrogen and oxygen atoms in total. The van der Waals surface area contributed by atoms with E-state index < -0.39 is 0 Å². The number of aryl methyl sites for hydroxylation is 1. The summed E-state index contributed by atoms with van der Waals surface area (Å²) in [7, 11) is 1.70. The van der Waals surface area contributed by atoms with Gasteiger partial charge in [-0.2, -0.15) is 5.26 Å². The zero-order valence-corrected chi connectivity index (χ0v) is 12.7. The highest BCUT2D eigenvalue weighted by Gasteiger charge is 2.07. The fourth-order valence-corrected chi connectivity index (χ4v) is 2.57. The third-order valence-corrected chi connectivity index (χ3v) is 3.81. The van der Waals surface area contributed by atoms with Crippen molar-refractivity contribution in [3.8, 4) is 16.8 Å². The number of aromatic nitrogens is 3. The summed E-state index contributed by atoms with van der Waals surface area (Å²) >= 11 is 1.55. The highest BCUT2D eigenvalue weighted by atomic mass is 32.1. The fraction of sp³-hybridized carbons (Fsp3) is 0.429. The van der Waals surface area contributed by atoms with E-state index in [1.807, 2.05) is 6.07 Å². The zero-order chi connectivity index (χ0) is 14.9. The molecule has 0 spiro atoms. The van der Waals surface area contributed by atoms with Crippen molar-refractivity contribution >= 4 is 11.3 Å². The third kappa shape index (κ3) is 4.86. The Hall–Kier alpha value is -1.88. The summed E-state index contributed by atoms with van der Waals surface area (Å²) in [5.41, 5.74) is 1.31. The minimum absolute atomic E-state index is 0.547. The molecule has 2 aromatic heterocycles. The van der Waals surface area contributed by atoms with Gasteiger partial charge in [0.15, 0.2) is 5.01 Å². The predicted octanol–water partition coefficient (Wildman–Crippen LogP) is 1.64. The molecule has 0 bridgehead atoms. The van der Waals surface area contributed by atoms with Gasteiger partial charge in [-0.25, -0.2) is 0 Å². The van der Waals surface area contributed by atoms with Crippen molar-refractivity contribution in [2.75, 3.05) is 26.8 Å². The van der Waals surface area contributed by atoms with Gasteiger partial charge in [-0.1, -0.05) is 11.3 Å². The number of nitriles is 1. The average Bonchev–Trinajstić information content (AvgIpc) is 3.00. The highest BCUT2D eigenvalue weighted by molar-refractivity contribution is 7.14. The van der Waals surface area contributed by atoms with Crippen LogP contribution in [0.25, 0.3) is 10.7 Å². The van der Waals surface area contributed by atoms with Crippen LogP contribution in [0.2, 0.25) is 0 Å². The molecular formula is C14H17N5OS. The molecule has 7 heteroatoms. The van der Waals surface area contributed by atoms with Gasteiger partial charge in [0.05, 0.1) is 12.2 Å². The fourth-order valence-electron chi connectivity index (χ4n) is 1.71. The Balaban J connectivity index is 1.82. The quantitative estimate of drug-likeness (QED) is 0.746. The molecule has 0 aliphatic carbocycles. The van der Waals surface area contributed by atoms with E-state index in [0.29, 0.717) is 5.56 Å². The molecular weight excluding hydrogens is 286 g/mol. The molecule has 0 aromatic carbocycles. The minimum atomic E-state index is 0.547. The van der Waals surface area contributed by atoms with Gasteiger partial charge < -0.3 is 10.1 Å². The molecule has 2 aromatic rings. The van der Waals surface area contributed by atoms with Crippen LogP contribution in [0, 0.1) is 11.3 Å². The number of methoxy groups -OCH3 is 1. The second-order valence-electron chi connectivity index (χ2n) is 4.39. The lowest BCUT2D eigenvalue weighted by atomic mass is 10.3. The van der Waals surface area contributed by atoms with Crippen molar-refractivity contribution in [2.45, 2.75) is 12.8 Å². The van der Waals surface area contributed by atoms with E-state index in [1.54, 1.807) is 36.8 Å². The molecule has 110 valence electrons. The van der Waals surface area contributed by atoms with Gasteiger partial charge in [0, 0.05) is 26.3 Å². The molecule has 0 amide bonds. The first-order chi connectivity index (χ1) is 10.3. The molecule has 0 aliphatic rings. The van der Waals surface area contributed by atoms with Crippen molar-refractivity contribution in [1.82, 2.24) is 20.5 Å². The van der Waals surface area contributed by atoms with E-state index in [2.05, 4.69) is 20.5 Å². The second kappa shape index (κ2) is 8.42. The minimum Gasteiger partial charge on any atom is -0.383 e. The number of ether oxygens (including phenoxy) is 1. The van der Waals surface area contributed by atoms with Crippen molar-refractivity contribution in [3.05, 3.63) is 28.9 Å². The highest BCUT2D eigenvalue weighted by Crippen LogP contribution is 2.22. The molecule has 2 heterocycles. The van der Waals surface area contributed by atoms with Crippen LogP contribution >= 0.6 is 11.3 Å². The Kier molecular flexibility index (Phi) is 6.22. The van der Waals surface area contributed by atoms with Crippen LogP contribution in [0.5, 0.6) is 0 Å². The van der Waals surface area contributed by atoms with Gasteiger partial charge in [-0.15, -0.1) is 10.2 Å². The Labute approximate surface area is 127 Å². The van der Waals surface area contributed by atoms with Gasteiger partial charge >= 0.3 is 0 Å². The van der Waals surface area contributed by atoms with Crippen LogP contribution in [0.3, 0.4) is 0 Å². The molecule has 0 aliphatic heterocycles. The summed E-state index contributed by atoms with van der Waals surface area (Å²) in [6.45, 7) is 2.54. The summed E-state index contributed by atoms with van der Waals surface area (Å²) in [6.07, 6.45) is 3.46. The maximum absolute atomic E-state index is 8.75. The molecule has 0 unspecified atom stereocenters. The van der Waals surface area contributed by atoms with Crippen LogP contribution in [-0.2, 0) is 11.2 Å². The molecule has 0 atom stereocenters. The summed E-state index contributed by atoms with van der Waals surface area (Å²) < 4.78 is 4.97. The first-order valence-electron chi connectivity index (χ1n) is 6.72. The SMILES string of the molecule is COCCNCCCc1nnc(-c2ccc(C#N)cn2)s1. The van der Waals surface area contributed by atoms with Gasteiger partial charge in [0.25, 0.3) is 0 Å². The van der Waals surface area contributed by atoms with Crippen LogP contribution in [0.1, 0.15) is 17.0 Å². The van der Waals surface area contributed by atoms with E-state index >= 15 is 0 Å². The molecule has 21 heavy (non-hydrogen) atoms. The van der Waals surface area contributed by atoms with Crippen LogP contribution in [0.15, 0.2) is 18.3 Å². The molecule has 1 N–H and O–H groups in total. The normalized spacial score (nSPS) is 10.5. The summed E-state index contributed by atoms with van der Waals surface area (Å²) in [5.74, 6) is 0. The van der Waals surface area contributed by atoms with Crippen LogP contribution in [0.4, 0.5) is 0 Å². The Morgan fingerprint density at radius 3 is 2.95 bits per heavy atom. The summed E-state index contributed by atoms with van der Waals surface area (Å²) in [5, 5.41) is 22.2. The van der Waals surface area contributed by atoms with E-state index in [9.17, 15) is 0 Å². The van der Waals surface area contributed by atoms with Crippen molar-refractivity contribution in [3.63, 3.8) is 0 Å². The molecule has 0 fully saturated rings. The Morgan fingerprint density at radius 2 is 2.24 bits per heavy atom. The maximum atomic E-state index is 8.75. The zero-order valence-electron chi connectivity index (χ0n) is 11.9. The maximum Gasteiger partial charge on any atom is 0.166 e. The van der Waals surface area contributed by atoms with E-state index in [4.69, 9.17) is 10.00 Å². The van der Waals surface area contributed by atoms with Crippen molar-refractivity contribution in [2.24, 2.45) is 0 Å². The van der Waals surface area contributed by atoms with Crippen molar-refractivity contribution < 1.29 is 4.74 Å². The average molecular weight is 303 g/mol. The first-order valence-corrected chi connectivity index (χ1v) is 7.53. The largest absolute Gasteiger partial charge is 0.383 e. The molecule has 2 rings (SSSR count). The lowest BCUT2D eigenvalue weighted by Gasteiger charge is -2.01. The number of hydrogen-bond donors (Lipinski definition) is 1. The number of pyridine rings is 1. The predicted molar refractivity (Wildman–Crippen MR) is 80.9 cm³/mol. The lowest BCUT2D eigenvalue weighted by Crippen LogP contribution is -2.20. The van der Waals surface area contributed by atoms with E-state index in [-0.39, 0.29) is 0 Å². The second-order valence-corrected chi connectivity index (χ2v) is 5.45. The summed E-state index contributed by atoms with van der Waals surface area (Å²) in [6, 6.07) is 5.59. The standard InChI is InChI=1S/C14H17N5OS/c1-20-8-7-16-6-2-3-13-18-19-14(21-13)12-5-4-11(9-15)10-17-12/h4-5,10,16H,2-3,6-8H2,1H3. The van der Waals surface area contributed by atoms with Gasteiger partial charge in [-0.05, 0) is 25.1 Å². The third-order valence-electron chi connectivity index (χ3n) is 2.81. The van der Waals surface area contributed by atoms with Gasteiger partial charge in [-0.3, -0.25) is 4.98 Å². The van der Waals surface area contributed by atoms with Crippen LogP contribution in [-0.4, -0.2) is 42.0 Å². The van der Waals surface area contributed by atoms with Crippen LogP contribution < -0.4 is 5.32 Å². The lowest BCUT2D eigenvalue weighted by molar-refractivity contribution is 0.199. The van der Waals surface area contributed by atoms with Crippen molar-refractivity contribution in [1.29, 1.82) is 5.26 Å². The van der Waals surface area contributed by atoms with E-state index in [0.717, 1.165) is 48.2 Å². The number of nitrogens with zero attached hydrogens (tertiary/aromatic N) is 4. The molecule has 0 saturated carbocycles. The number of rotatable bonds is 8. The number of nitrogens with one attached hydrogen (secondary N) is 1. The Bertz CT molecular complexity index is 590. The number of hydrogen-bond acceptors (Lipinski definition) is 7. The summed E-state index contributed by atoms with van der Waals surface area (Å²) in [4.78, 5) is 4.22. The Morgan fingerprint density at radius 1 is 1.33 bits per heavy atom. The monoisotopic (exact) mass is 303 g/mol. The van der Waals surface area contributed by atoms with Gasteiger partial charge in [0.1, 0.15) is 16.8 Å².